The van der Waals surface area contributed by atoms with Gasteiger partial charge in [-0.15, -0.1) is 0 Å². The van der Waals surface area contributed by atoms with Crippen LogP contribution in [0.4, 0.5) is 0 Å². The average Bonchev–Trinajstić information content (AvgIpc) is 2.69. The first-order chi connectivity index (χ1) is 15.0. The second-order valence-corrected chi connectivity index (χ2v) is 7.46. The molecule has 32 heavy (non-hydrogen) atoms. The first-order valence-corrected chi connectivity index (χ1v) is 9.75. The molecule has 0 amide bonds. The van der Waals surface area contributed by atoms with E-state index in [-0.39, 0.29) is 28.0 Å². The zero-order valence-corrected chi connectivity index (χ0v) is 17.9. The fraction of sp³-hybridized carbons (Fsp3) is 0.476. The lowest BCUT2D eigenvalue weighted by Gasteiger charge is -2.41. The summed E-state index contributed by atoms with van der Waals surface area (Å²) in [5, 5.41) is 31.3. The molecule has 0 saturated carbocycles. The number of aliphatic hydroxyl groups is 2. The fourth-order valence-corrected chi connectivity index (χ4v) is 3.40. The number of esters is 2. The highest BCUT2D eigenvalue weighted by Crippen LogP contribution is 2.36. The smallest absolute Gasteiger partial charge is 0.303 e. The maximum absolute atomic E-state index is 12.3. The molecule has 1 saturated heterocycles. The van der Waals surface area contributed by atoms with Crippen LogP contribution in [0.1, 0.15) is 25.2 Å². The Kier molecular flexibility index (Phi) is 6.72. The number of rotatable bonds is 5. The minimum absolute atomic E-state index is 0.0146. The predicted octanol–water partition coefficient (Wildman–Crippen LogP) is 0.436. The van der Waals surface area contributed by atoms with Gasteiger partial charge in [-0.05, 0) is 13.8 Å². The van der Waals surface area contributed by atoms with E-state index in [0.29, 0.717) is 5.76 Å². The highest BCUT2D eigenvalue weighted by Gasteiger charge is 2.48. The normalized spacial score (nSPS) is 25.4. The van der Waals surface area contributed by atoms with Crippen molar-refractivity contribution in [2.24, 2.45) is 0 Å². The quantitative estimate of drug-likeness (QED) is 0.540. The Bertz CT molecular complexity index is 1090. The third-order valence-electron chi connectivity index (χ3n) is 4.96. The van der Waals surface area contributed by atoms with Gasteiger partial charge in [0.1, 0.15) is 53.1 Å². The monoisotopic (exact) mass is 452 g/mol. The number of aliphatic hydroxyl groups excluding tert-OH is 2. The minimum atomic E-state index is -1.63. The van der Waals surface area contributed by atoms with E-state index >= 15 is 0 Å². The van der Waals surface area contributed by atoms with E-state index in [2.05, 4.69) is 0 Å². The van der Waals surface area contributed by atoms with Crippen molar-refractivity contribution in [1.29, 1.82) is 0 Å². The zero-order valence-electron chi connectivity index (χ0n) is 17.9. The number of aryl methyl sites for hydroxylation is 1. The summed E-state index contributed by atoms with van der Waals surface area (Å²) in [6, 6.07) is 2.59. The second-order valence-electron chi connectivity index (χ2n) is 7.46. The van der Waals surface area contributed by atoms with E-state index in [1.165, 1.54) is 19.1 Å². The van der Waals surface area contributed by atoms with Crippen LogP contribution in [0.3, 0.4) is 0 Å². The minimum Gasteiger partial charge on any atom is -0.507 e. The average molecular weight is 452 g/mol. The summed E-state index contributed by atoms with van der Waals surface area (Å²) in [4.78, 5) is 34.9. The van der Waals surface area contributed by atoms with Crippen molar-refractivity contribution in [1.82, 2.24) is 0 Å². The number of phenolic OH excluding ortho intramolecular Hbond substituents is 1. The fourth-order valence-electron chi connectivity index (χ4n) is 3.40. The number of phenols is 1. The molecule has 2 aromatic rings. The Labute approximate surface area is 182 Å². The van der Waals surface area contributed by atoms with Crippen LogP contribution in [0.25, 0.3) is 11.0 Å². The molecule has 3 N–H and O–H groups in total. The molecule has 1 aliphatic rings. The highest BCUT2D eigenvalue weighted by atomic mass is 16.7. The van der Waals surface area contributed by atoms with E-state index in [9.17, 15) is 29.7 Å². The lowest BCUT2D eigenvalue weighted by atomic mass is 9.99. The van der Waals surface area contributed by atoms with Crippen LogP contribution in [-0.2, 0) is 23.8 Å². The summed E-state index contributed by atoms with van der Waals surface area (Å²) in [6.45, 7) is 4.92. The Morgan fingerprint density at radius 3 is 2.41 bits per heavy atom. The molecule has 1 aliphatic heterocycles. The number of benzene rings is 1. The number of hydrogen-bond acceptors (Lipinski definition) is 11. The molecule has 0 radical (unpaired) electrons. The third kappa shape index (κ3) is 4.69. The Balaban J connectivity index is 2.00. The zero-order chi connectivity index (χ0) is 23.7. The summed E-state index contributed by atoms with van der Waals surface area (Å²) in [6.07, 6.45) is -7.28. The summed E-state index contributed by atoms with van der Waals surface area (Å²) in [7, 11) is 0. The van der Waals surface area contributed by atoms with Crippen molar-refractivity contribution in [3.05, 3.63) is 33.7 Å². The van der Waals surface area contributed by atoms with E-state index in [4.69, 9.17) is 23.4 Å². The Morgan fingerprint density at radius 2 is 1.78 bits per heavy atom. The molecule has 1 aromatic heterocycles. The van der Waals surface area contributed by atoms with Crippen molar-refractivity contribution in [2.75, 3.05) is 6.61 Å². The van der Waals surface area contributed by atoms with Crippen molar-refractivity contribution < 1.29 is 48.3 Å². The van der Waals surface area contributed by atoms with Gasteiger partial charge in [-0.25, -0.2) is 0 Å². The van der Waals surface area contributed by atoms with Gasteiger partial charge in [0.2, 0.25) is 6.29 Å². The Morgan fingerprint density at radius 1 is 1.09 bits per heavy atom. The second kappa shape index (κ2) is 9.15. The lowest BCUT2D eigenvalue weighted by molar-refractivity contribution is -0.282. The van der Waals surface area contributed by atoms with Crippen LogP contribution < -0.4 is 10.2 Å². The summed E-state index contributed by atoms with van der Waals surface area (Å²) < 4.78 is 26.9. The summed E-state index contributed by atoms with van der Waals surface area (Å²) in [5.41, 5.74) is -0.233. The van der Waals surface area contributed by atoms with E-state index in [0.717, 1.165) is 13.8 Å². The van der Waals surface area contributed by atoms with Crippen molar-refractivity contribution >= 4 is 22.9 Å². The van der Waals surface area contributed by atoms with E-state index < -0.39 is 54.7 Å². The molecule has 0 aliphatic carbocycles. The van der Waals surface area contributed by atoms with Gasteiger partial charge in [0, 0.05) is 31.5 Å². The van der Waals surface area contributed by atoms with E-state index in [1.807, 2.05) is 0 Å². The molecule has 0 spiro atoms. The molecular weight excluding hydrogens is 428 g/mol. The predicted molar refractivity (Wildman–Crippen MR) is 107 cm³/mol. The first kappa shape index (κ1) is 23.5. The molecule has 3 rings (SSSR count). The lowest BCUT2D eigenvalue weighted by Crippen LogP contribution is -2.61. The largest absolute Gasteiger partial charge is 0.507 e. The molecule has 0 bridgehead atoms. The maximum atomic E-state index is 12.3. The molecule has 11 nitrogen and oxygen atoms in total. The van der Waals surface area contributed by atoms with Gasteiger partial charge in [-0.1, -0.05) is 0 Å². The third-order valence-corrected chi connectivity index (χ3v) is 4.96. The maximum Gasteiger partial charge on any atom is 0.303 e. The van der Waals surface area contributed by atoms with Crippen LogP contribution in [0.2, 0.25) is 0 Å². The molecule has 174 valence electrons. The molecule has 2 heterocycles. The van der Waals surface area contributed by atoms with Gasteiger partial charge in [0.15, 0.2) is 11.5 Å². The number of aromatic hydroxyl groups is 1. The highest BCUT2D eigenvalue weighted by molar-refractivity contribution is 5.86. The van der Waals surface area contributed by atoms with Crippen LogP contribution in [0, 0.1) is 13.8 Å². The molecule has 5 unspecified atom stereocenters. The molecule has 11 heteroatoms. The molecule has 5 atom stereocenters. The molecule has 1 fully saturated rings. The topological polar surface area (TPSA) is 162 Å². The van der Waals surface area contributed by atoms with Gasteiger partial charge in [0.05, 0.1) is 0 Å². The first-order valence-electron chi connectivity index (χ1n) is 9.75. The number of carbonyl (C=O) groups excluding carboxylic acids is 2. The molecular formula is C21H24O11. The molecule has 1 aromatic carbocycles. The van der Waals surface area contributed by atoms with Gasteiger partial charge in [-0.3, -0.25) is 14.4 Å². The van der Waals surface area contributed by atoms with Crippen LogP contribution in [0.5, 0.6) is 11.5 Å². The van der Waals surface area contributed by atoms with Gasteiger partial charge >= 0.3 is 11.9 Å². The van der Waals surface area contributed by atoms with E-state index in [1.54, 1.807) is 6.92 Å². The van der Waals surface area contributed by atoms with Gasteiger partial charge in [0.25, 0.3) is 0 Å². The number of carbonyl (C=O) groups is 2. The van der Waals surface area contributed by atoms with Gasteiger partial charge in [-0.2, -0.15) is 0 Å². The number of hydrogen-bond donors (Lipinski definition) is 3. The Hall–Kier alpha value is -3.15. The summed E-state index contributed by atoms with van der Waals surface area (Å²) >= 11 is 0. The van der Waals surface area contributed by atoms with Crippen molar-refractivity contribution in [3.8, 4) is 11.5 Å². The summed E-state index contributed by atoms with van der Waals surface area (Å²) in [5.74, 6) is -1.44. The number of fused-ring (bicyclic) bond motifs is 1. The number of ether oxygens (including phenoxy) is 4. The van der Waals surface area contributed by atoms with Crippen molar-refractivity contribution in [3.63, 3.8) is 0 Å². The van der Waals surface area contributed by atoms with Crippen LogP contribution in [-0.4, -0.2) is 64.6 Å². The van der Waals surface area contributed by atoms with Gasteiger partial charge < -0.3 is 38.7 Å². The van der Waals surface area contributed by atoms with Crippen LogP contribution in [0.15, 0.2) is 21.3 Å². The van der Waals surface area contributed by atoms with Crippen LogP contribution >= 0.6 is 0 Å². The SMILES string of the molecule is CC(=O)OCC1OC(Oc2cc3oc(C)cc(=O)c3c(O)c2C)C(OC(C)=O)C(O)C1O. The van der Waals surface area contributed by atoms with Crippen molar-refractivity contribution in [2.45, 2.75) is 58.4 Å². The standard InChI is InChI=1S/C21H24O11/c1-8-5-12(24)16-14(29-8)6-13(9(2)17(16)25)31-21-20(30-11(4)23)19(27)18(26)15(32-21)7-28-10(3)22/h5-6,15,18-21,25-27H,7H2,1-4H3.